The monoisotopic (exact) mass is 432 g/mol. The Morgan fingerprint density at radius 1 is 0.844 bits per heavy atom. The van der Waals surface area contributed by atoms with Gasteiger partial charge in [-0.1, -0.05) is 30.3 Å². The van der Waals surface area contributed by atoms with Crippen molar-refractivity contribution in [2.75, 3.05) is 68.0 Å². The van der Waals surface area contributed by atoms with E-state index in [4.69, 9.17) is 20.4 Å². The number of anilines is 3. The first-order chi connectivity index (χ1) is 15.7. The summed E-state index contributed by atoms with van der Waals surface area (Å²) in [5, 5.41) is 0. The van der Waals surface area contributed by atoms with Crippen molar-refractivity contribution < 1.29 is 4.74 Å². The van der Waals surface area contributed by atoms with Crippen LogP contribution in [0.4, 0.5) is 17.7 Å². The number of nitrogens with two attached hydrogens (primary N) is 1. The number of nitrogen functional groups attached to an aromatic ring is 1. The Morgan fingerprint density at radius 3 is 2.28 bits per heavy atom. The average Bonchev–Trinajstić information content (AvgIpc) is 2.86. The molecular weight excluding hydrogens is 404 g/mol. The molecule has 2 aliphatic heterocycles. The van der Waals surface area contributed by atoms with Crippen LogP contribution in [0.15, 0.2) is 48.8 Å². The lowest BCUT2D eigenvalue weighted by Crippen LogP contribution is -2.46. The summed E-state index contributed by atoms with van der Waals surface area (Å²) in [6.07, 6.45) is 3.44. The number of aromatic nitrogens is 4. The van der Waals surface area contributed by atoms with Crippen LogP contribution in [-0.2, 0) is 11.3 Å². The lowest BCUT2D eigenvalue weighted by Gasteiger charge is -2.36. The van der Waals surface area contributed by atoms with E-state index in [-0.39, 0.29) is 5.95 Å². The second-order valence-electron chi connectivity index (χ2n) is 8.09. The molecule has 0 atom stereocenters. The smallest absolute Gasteiger partial charge is 0.228 e. The molecule has 0 bridgehead atoms. The molecule has 2 aliphatic rings. The van der Waals surface area contributed by atoms with Crippen LogP contribution in [-0.4, -0.2) is 77.3 Å². The van der Waals surface area contributed by atoms with Gasteiger partial charge in [0.05, 0.1) is 18.9 Å². The zero-order chi connectivity index (χ0) is 21.8. The van der Waals surface area contributed by atoms with Gasteiger partial charge in [0.15, 0.2) is 0 Å². The minimum atomic E-state index is 0.256. The summed E-state index contributed by atoms with van der Waals surface area (Å²) in [4.78, 5) is 25.1. The van der Waals surface area contributed by atoms with E-state index in [9.17, 15) is 0 Å². The number of benzene rings is 1. The van der Waals surface area contributed by atoms with Crippen LogP contribution in [0.2, 0.25) is 0 Å². The Hall–Kier alpha value is -3.30. The summed E-state index contributed by atoms with van der Waals surface area (Å²) in [5.41, 5.74) is 8.67. The Morgan fingerprint density at radius 2 is 1.56 bits per heavy atom. The number of morpholine rings is 1. The zero-order valence-electron chi connectivity index (χ0n) is 18.1. The minimum Gasteiger partial charge on any atom is -0.378 e. The summed E-state index contributed by atoms with van der Waals surface area (Å²) >= 11 is 0. The Kier molecular flexibility index (Phi) is 6.09. The summed E-state index contributed by atoms with van der Waals surface area (Å²) in [5.74, 6) is 1.92. The Labute approximate surface area is 187 Å². The van der Waals surface area contributed by atoms with Gasteiger partial charge in [0.1, 0.15) is 5.82 Å². The maximum atomic E-state index is 5.68. The maximum Gasteiger partial charge on any atom is 0.228 e. The number of hydrogen-bond donors (Lipinski definition) is 1. The molecule has 9 nitrogen and oxygen atoms in total. The van der Waals surface area contributed by atoms with E-state index in [0.717, 1.165) is 68.8 Å². The highest BCUT2D eigenvalue weighted by molar-refractivity contribution is 5.64. The zero-order valence-corrected chi connectivity index (χ0v) is 18.1. The van der Waals surface area contributed by atoms with Gasteiger partial charge in [-0.15, -0.1) is 0 Å². The van der Waals surface area contributed by atoms with Crippen LogP contribution < -0.4 is 15.5 Å². The molecule has 4 heterocycles. The molecule has 3 aromatic rings. The van der Waals surface area contributed by atoms with Crippen molar-refractivity contribution in [1.29, 1.82) is 0 Å². The molecule has 0 aliphatic carbocycles. The number of piperazine rings is 1. The van der Waals surface area contributed by atoms with Gasteiger partial charge in [-0.25, -0.2) is 15.0 Å². The predicted molar refractivity (Wildman–Crippen MR) is 124 cm³/mol. The molecule has 0 amide bonds. The Balaban J connectivity index is 1.36. The van der Waals surface area contributed by atoms with Crippen LogP contribution in [0, 0.1) is 0 Å². The van der Waals surface area contributed by atoms with Gasteiger partial charge in [-0.2, -0.15) is 4.98 Å². The lowest BCUT2D eigenvalue weighted by atomic mass is 10.2. The molecule has 2 N–H and O–H groups in total. The van der Waals surface area contributed by atoms with Gasteiger partial charge in [0, 0.05) is 69.8 Å². The molecular formula is C23H28N8O. The van der Waals surface area contributed by atoms with Gasteiger partial charge in [-0.05, 0) is 5.56 Å². The first kappa shape index (κ1) is 20.6. The van der Waals surface area contributed by atoms with E-state index in [2.05, 4.69) is 55.0 Å². The van der Waals surface area contributed by atoms with E-state index >= 15 is 0 Å². The molecule has 166 valence electrons. The highest BCUT2D eigenvalue weighted by Gasteiger charge is 2.22. The second-order valence-corrected chi connectivity index (χ2v) is 8.09. The van der Waals surface area contributed by atoms with Gasteiger partial charge in [0.25, 0.3) is 0 Å². The number of hydrogen-bond acceptors (Lipinski definition) is 9. The summed E-state index contributed by atoms with van der Waals surface area (Å²) < 4.78 is 5.51. The predicted octanol–water partition coefficient (Wildman–Crippen LogP) is 1.67. The normalized spacial score (nSPS) is 17.5. The topological polar surface area (TPSA) is 96.5 Å². The highest BCUT2D eigenvalue weighted by Crippen LogP contribution is 2.26. The van der Waals surface area contributed by atoms with Crippen molar-refractivity contribution in [2.24, 2.45) is 0 Å². The standard InChI is InChI=1S/C23H28N8O/c24-22-25-15-19(16-26-22)20-14-21(28-23(27-20)31-10-12-32-13-11-31)30-8-6-29(7-9-30)17-18-4-2-1-3-5-18/h1-5,14-16H,6-13,17H2,(H2,24,25,26). The fourth-order valence-electron chi connectivity index (χ4n) is 4.08. The van der Waals surface area contributed by atoms with Gasteiger partial charge in [0.2, 0.25) is 11.9 Å². The minimum absolute atomic E-state index is 0.256. The van der Waals surface area contributed by atoms with E-state index in [1.54, 1.807) is 12.4 Å². The van der Waals surface area contributed by atoms with Crippen molar-refractivity contribution in [3.05, 3.63) is 54.4 Å². The van der Waals surface area contributed by atoms with Crippen molar-refractivity contribution in [1.82, 2.24) is 24.8 Å². The molecule has 0 saturated carbocycles. The van der Waals surface area contributed by atoms with Crippen molar-refractivity contribution in [3.8, 4) is 11.3 Å². The van der Waals surface area contributed by atoms with Crippen LogP contribution >= 0.6 is 0 Å². The molecule has 5 rings (SSSR count). The quantitative estimate of drug-likeness (QED) is 0.646. The van der Waals surface area contributed by atoms with Crippen molar-refractivity contribution in [3.63, 3.8) is 0 Å². The summed E-state index contributed by atoms with van der Waals surface area (Å²) in [6, 6.07) is 12.7. The Bertz CT molecular complexity index is 1020. The van der Waals surface area contributed by atoms with Crippen LogP contribution in [0.3, 0.4) is 0 Å². The molecule has 32 heavy (non-hydrogen) atoms. The largest absolute Gasteiger partial charge is 0.378 e. The fourth-order valence-corrected chi connectivity index (χ4v) is 4.08. The van der Waals surface area contributed by atoms with E-state index in [1.807, 2.05) is 6.07 Å². The molecule has 0 unspecified atom stereocenters. The van der Waals surface area contributed by atoms with Crippen LogP contribution in [0.5, 0.6) is 0 Å². The molecule has 2 saturated heterocycles. The third kappa shape index (κ3) is 4.79. The van der Waals surface area contributed by atoms with Crippen LogP contribution in [0.1, 0.15) is 5.56 Å². The van der Waals surface area contributed by atoms with Gasteiger partial charge in [-0.3, -0.25) is 4.90 Å². The third-order valence-corrected chi connectivity index (χ3v) is 5.91. The molecule has 9 heteroatoms. The summed E-state index contributed by atoms with van der Waals surface area (Å²) in [6.45, 7) is 7.74. The highest BCUT2D eigenvalue weighted by atomic mass is 16.5. The SMILES string of the molecule is Nc1ncc(-c2cc(N3CCN(Cc4ccccc4)CC3)nc(N3CCOCC3)n2)cn1. The summed E-state index contributed by atoms with van der Waals surface area (Å²) in [7, 11) is 0. The number of ether oxygens (including phenoxy) is 1. The van der Waals surface area contributed by atoms with E-state index in [1.165, 1.54) is 5.56 Å². The second kappa shape index (κ2) is 9.46. The maximum absolute atomic E-state index is 5.68. The molecule has 0 radical (unpaired) electrons. The first-order valence-electron chi connectivity index (χ1n) is 11.1. The number of rotatable bonds is 5. The molecule has 2 aromatic heterocycles. The molecule has 1 aromatic carbocycles. The van der Waals surface area contributed by atoms with Gasteiger partial charge < -0.3 is 20.3 Å². The van der Waals surface area contributed by atoms with Crippen molar-refractivity contribution >= 4 is 17.7 Å². The fraction of sp³-hybridized carbons (Fsp3) is 0.391. The third-order valence-electron chi connectivity index (χ3n) is 5.91. The van der Waals surface area contributed by atoms with Crippen LogP contribution in [0.25, 0.3) is 11.3 Å². The van der Waals surface area contributed by atoms with Gasteiger partial charge >= 0.3 is 0 Å². The molecule has 2 fully saturated rings. The average molecular weight is 433 g/mol. The number of nitrogens with zero attached hydrogens (tertiary/aromatic N) is 7. The molecule has 0 spiro atoms. The first-order valence-corrected chi connectivity index (χ1v) is 11.1. The van der Waals surface area contributed by atoms with Crippen molar-refractivity contribution in [2.45, 2.75) is 6.54 Å². The van der Waals surface area contributed by atoms with E-state index < -0.39 is 0 Å². The van der Waals surface area contributed by atoms with E-state index in [0.29, 0.717) is 13.2 Å². The lowest BCUT2D eigenvalue weighted by molar-refractivity contribution is 0.122.